The maximum Gasteiger partial charge on any atom is 0.247 e. The Balaban J connectivity index is 2.01. The Labute approximate surface area is 117 Å². The van der Waals surface area contributed by atoms with Crippen LogP contribution < -0.4 is 10.6 Å². The standard InChI is InChI=1S/C14H18N4O2/c1-3-15-7-6-13(19)17-12-5-4-11(8-10(12)2)14-18-16-9-20-14/h4-5,8-9,15H,3,6-7H2,1-2H3,(H,17,19). The highest BCUT2D eigenvalue weighted by atomic mass is 16.4. The van der Waals surface area contributed by atoms with Crippen LogP contribution in [0.25, 0.3) is 11.5 Å². The lowest BCUT2D eigenvalue weighted by atomic mass is 10.1. The molecular weight excluding hydrogens is 256 g/mol. The van der Waals surface area contributed by atoms with Crippen LogP contribution in [-0.2, 0) is 4.79 Å². The van der Waals surface area contributed by atoms with E-state index in [9.17, 15) is 4.79 Å². The highest BCUT2D eigenvalue weighted by Gasteiger charge is 2.08. The van der Waals surface area contributed by atoms with Crippen molar-refractivity contribution in [2.45, 2.75) is 20.3 Å². The molecule has 0 aliphatic carbocycles. The van der Waals surface area contributed by atoms with Crippen LogP contribution in [0.4, 0.5) is 5.69 Å². The average molecular weight is 274 g/mol. The summed E-state index contributed by atoms with van der Waals surface area (Å²) in [5, 5.41) is 13.5. The van der Waals surface area contributed by atoms with Crippen LogP contribution in [0, 0.1) is 6.92 Å². The predicted molar refractivity (Wildman–Crippen MR) is 76.3 cm³/mol. The van der Waals surface area contributed by atoms with Crippen molar-refractivity contribution in [2.75, 3.05) is 18.4 Å². The van der Waals surface area contributed by atoms with Crippen LogP contribution in [0.15, 0.2) is 29.0 Å². The number of nitrogens with zero attached hydrogens (tertiary/aromatic N) is 2. The first-order valence-corrected chi connectivity index (χ1v) is 6.58. The quantitative estimate of drug-likeness (QED) is 0.787. The summed E-state index contributed by atoms with van der Waals surface area (Å²) in [6.07, 6.45) is 1.75. The molecule has 1 aromatic heterocycles. The van der Waals surface area contributed by atoms with Gasteiger partial charge in [-0.2, -0.15) is 0 Å². The van der Waals surface area contributed by atoms with Gasteiger partial charge in [0.05, 0.1) is 0 Å². The van der Waals surface area contributed by atoms with Crippen LogP contribution in [0.5, 0.6) is 0 Å². The molecule has 0 aliphatic heterocycles. The van der Waals surface area contributed by atoms with Gasteiger partial charge in [0.25, 0.3) is 0 Å². The van der Waals surface area contributed by atoms with Gasteiger partial charge in [-0.15, -0.1) is 10.2 Å². The molecule has 0 atom stereocenters. The van der Waals surface area contributed by atoms with Gasteiger partial charge in [0.2, 0.25) is 18.2 Å². The summed E-state index contributed by atoms with van der Waals surface area (Å²) in [6, 6.07) is 5.61. The predicted octanol–water partition coefficient (Wildman–Crippen LogP) is 1.98. The molecule has 1 aromatic carbocycles. The maximum absolute atomic E-state index is 11.8. The lowest BCUT2D eigenvalue weighted by molar-refractivity contribution is -0.116. The molecule has 2 rings (SSSR count). The number of carbonyl (C=O) groups is 1. The lowest BCUT2D eigenvalue weighted by Crippen LogP contribution is -2.21. The van der Waals surface area contributed by atoms with Gasteiger partial charge in [-0.25, -0.2) is 0 Å². The molecule has 0 saturated carbocycles. The van der Waals surface area contributed by atoms with E-state index < -0.39 is 0 Å². The van der Waals surface area contributed by atoms with E-state index in [2.05, 4.69) is 20.8 Å². The number of carbonyl (C=O) groups excluding carboxylic acids is 1. The SMILES string of the molecule is CCNCCC(=O)Nc1ccc(-c2nnco2)cc1C. The molecule has 1 heterocycles. The summed E-state index contributed by atoms with van der Waals surface area (Å²) in [6.45, 7) is 5.49. The summed E-state index contributed by atoms with van der Waals surface area (Å²) in [5.41, 5.74) is 2.60. The number of hydrogen-bond acceptors (Lipinski definition) is 5. The van der Waals surface area contributed by atoms with Crippen LogP contribution in [0.3, 0.4) is 0 Å². The Bertz CT molecular complexity index is 567. The minimum absolute atomic E-state index is 0.000379. The van der Waals surface area contributed by atoms with E-state index in [-0.39, 0.29) is 5.91 Å². The molecule has 0 aliphatic rings. The van der Waals surface area contributed by atoms with E-state index in [0.717, 1.165) is 23.4 Å². The second-order valence-corrected chi connectivity index (χ2v) is 4.43. The Kier molecular flexibility index (Phi) is 4.84. The van der Waals surface area contributed by atoms with E-state index >= 15 is 0 Å². The summed E-state index contributed by atoms with van der Waals surface area (Å²) in [4.78, 5) is 11.8. The van der Waals surface area contributed by atoms with E-state index in [1.165, 1.54) is 6.39 Å². The van der Waals surface area contributed by atoms with Crippen molar-refractivity contribution in [1.82, 2.24) is 15.5 Å². The van der Waals surface area contributed by atoms with Crippen molar-refractivity contribution in [1.29, 1.82) is 0 Å². The Hall–Kier alpha value is -2.21. The Morgan fingerprint density at radius 3 is 2.90 bits per heavy atom. The molecule has 0 spiro atoms. The first kappa shape index (κ1) is 14.2. The molecular formula is C14H18N4O2. The average Bonchev–Trinajstić information content (AvgIpc) is 2.95. The number of benzene rings is 1. The zero-order valence-electron chi connectivity index (χ0n) is 11.6. The first-order chi connectivity index (χ1) is 9.70. The van der Waals surface area contributed by atoms with Crippen molar-refractivity contribution >= 4 is 11.6 Å². The van der Waals surface area contributed by atoms with Crippen molar-refractivity contribution in [3.05, 3.63) is 30.2 Å². The summed E-state index contributed by atoms with van der Waals surface area (Å²) in [5.74, 6) is 0.470. The number of aryl methyl sites for hydroxylation is 1. The molecule has 6 nitrogen and oxygen atoms in total. The molecule has 0 fully saturated rings. The van der Waals surface area contributed by atoms with Crippen LogP contribution >= 0.6 is 0 Å². The molecule has 2 N–H and O–H groups in total. The van der Waals surface area contributed by atoms with Crippen LogP contribution in [-0.4, -0.2) is 29.2 Å². The fourth-order valence-corrected chi connectivity index (χ4v) is 1.83. The number of rotatable bonds is 6. The van der Waals surface area contributed by atoms with Crippen LogP contribution in [0.2, 0.25) is 0 Å². The molecule has 0 bridgehead atoms. The van der Waals surface area contributed by atoms with E-state index in [1.807, 2.05) is 32.0 Å². The first-order valence-electron chi connectivity index (χ1n) is 6.58. The van der Waals surface area contributed by atoms with Crippen molar-refractivity contribution in [2.24, 2.45) is 0 Å². The Morgan fingerprint density at radius 2 is 2.25 bits per heavy atom. The number of nitrogens with one attached hydrogen (secondary N) is 2. The van der Waals surface area contributed by atoms with Gasteiger partial charge in [-0.1, -0.05) is 6.92 Å². The highest BCUT2D eigenvalue weighted by Crippen LogP contribution is 2.23. The van der Waals surface area contributed by atoms with Crippen LogP contribution in [0.1, 0.15) is 18.9 Å². The molecule has 106 valence electrons. The smallest absolute Gasteiger partial charge is 0.247 e. The normalized spacial score (nSPS) is 10.5. The van der Waals surface area contributed by atoms with Gasteiger partial charge in [0, 0.05) is 24.2 Å². The van der Waals surface area contributed by atoms with Gasteiger partial charge >= 0.3 is 0 Å². The number of aromatic nitrogens is 2. The van der Waals surface area contributed by atoms with Gasteiger partial charge in [0.1, 0.15) is 0 Å². The summed E-state index contributed by atoms with van der Waals surface area (Å²) in [7, 11) is 0. The second-order valence-electron chi connectivity index (χ2n) is 4.43. The topological polar surface area (TPSA) is 80.0 Å². The Morgan fingerprint density at radius 1 is 1.40 bits per heavy atom. The number of amides is 1. The second kappa shape index (κ2) is 6.81. The summed E-state index contributed by atoms with van der Waals surface area (Å²) >= 11 is 0. The van der Waals surface area contributed by atoms with Gasteiger partial charge in [-0.3, -0.25) is 4.79 Å². The third-order valence-corrected chi connectivity index (χ3v) is 2.89. The zero-order chi connectivity index (χ0) is 14.4. The number of hydrogen-bond donors (Lipinski definition) is 2. The third-order valence-electron chi connectivity index (χ3n) is 2.89. The van der Waals surface area contributed by atoms with Crippen molar-refractivity contribution in [3.63, 3.8) is 0 Å². The van der Waals surface area contributed by atoms with Gasteiger partial charge < -0.3 is 15.1 Å². The van der Waals surface area contributed by atoms with E-state index in [0.29, 0.717) is 18.9 Å². The minimum Gasteiger partial charge on any atom is -0.423 e. The van der Waals surface area contributed by atoms with Gasteiger partial charge in [0.15, 0.2) is 0 Å². The summed E-state index contributed by atoms with van der Waals surface area (Å²) < 4.78 is 5.14. The molecule has 20 heavy (non-hydrogen) atoms. The van der Waals surface area contributed by atoms with Gasteiger partial charge in [-0.05, 0) is 37.2 Å². The molecule has 0 unspecified atom stereocenters. The van der Waals surface area contributed by atoms with E-state index in [4.69, 9.17) is 4.42 Å². The molecule has 6 heteroatoms. The highest BCUT2D eigenvalue weighted by molar-refractivity contribution is 5.91. The van der Waals surface area contributed by atoms with E-state index in [1.54, 1.807) is 0 Å². The lowest BCUT2D eigenvalue weighted by Gasteiger charge is -2.09. The minimum atomic E-state index is -0.000379. The van der Waals surface area contributed by atoms with Crippen molar-refractivity contribution < 1.29 is 9.21 Å². The largest absolute Gasteiger partial charge is 0.423 e. The van der Waals surface area contributed by atoms with Crippen molar-refractivity contribution in [3.8, 4) is 11.5 Å². The zero-order valence-corrected chi connectivity index (χ0v) is 11.6. The number of anilines is 1. The molecule has 2 aromatic rings. The molecule has 1 amide bonds. The monoisotopic (exact) mass is 274 g/mol. The fourth-order valence-electron chi connectivity index (χ4n) is 1.83. The third kappa shape index (κ3) is 3.64. The maximum atomic E-state index is 11.8. The fraction of sp³-hybridized carbons (Fsp3) is 0.357. The molecule has 0 radical (unpaired) electrons. The molecule has 0 saturated heterocycles.